The summed E-state index contributed by atoms with van der Waals surface area (Å²) in [5.74, 6) is -0.0283. The van der Waals surface area contributed by atoms with Crippen molar-refractivity contribution in [2.24, 2.45) is 7.05 Å². The van der Waals surface area contributed by atoms with E-state index >= 15 is 0 Å². The second kappa shape index (κ2) is 8.45. The maximum absolute atomic E-state index is 12.5. The number of benzene rings is 1. The van der Waals surface area contributed by atoms with Crippen molar-refractivity contribution in [3.05, 3.63) is 35.2 Å². The molecule has 0 fully saturated rings. The second-order valence-corrected chi connectivity index (χ2v) is 6.09. The predicted molar refractivity (Wildman–Crippen MR) is 107 cm³/mol. The van der Waals surface area contributed by atoms with Crippen molar-refractivity contribution in [1.82, 2.24) is 9.78 Å². The highest BCUT2D eigenvalue weighted by Crippen LogP contribution is 2.31. The number of amides is 1. The molecule has 0 atom stereocenters. The minimum Gasteiger partial charge on any atom is -0.398 e. The van der Waals surface area contributed by atoms with Crippen LogP contribution in [0.5, 0.6) is 0 Å². The monoisotopic (exact) mass is 385 g/mol. The number of halogens is 2. The lowest BCUT2D eigenvalue weighted by Gasteiger charge is -2.31. The van der Waals surface area contributed by atoms with Gasteiger partial charge < -0.3 is 16.0 Å². The standard InChI is InChI=1S/C17H23N5O.2ClH/c1-11-17(12(2)21(3)20-11)19-16(23)10-22-9-5-6-13-14(18)7-4-8-15(13)22;;/h4,7-8H,5-6,9-10,18H2,1-3H3,(H,19,23);2*1H. The van der Waals surface area contributed by atoms with E-state index in [4.69, 9.17) is 5.73 Å². The number of nitrogens with one attached hydrogen (secondary N) is 1. The molecule has 2 heterocycles. The van der Waals surface area contributed by atoms with Gasteiger partial charge in [-0.3, -0.25) is 9.48 Å². The first-order valence-corrected chi connectivity index (χ1v) is 7.89. The molecule has 1 aromatic carbocycles. The molecule has 0 saturated carbocycles. The normalized spacial score (nSPS) is 12.7. The van der Waals surface area contributed by atoms with Crippen LogP contribution in [-0.2, 0) is 18.3 Å². The van der Waals surface area contributed by atoms with E-state index < -0.39 is 0 Å². The molecule has 2 aromatic rings. The average Bonchev–Trinajstić information content (AvgIpc) is 2.75. The van der Waals surface area contributed by atoms with Crippen LogP contribution in [0.15, 0.2) is 18.2 Å². The van der Waals surface area contributed by atoms with Crippen molar-refractivity contribution in [1.29, 1.82) is 0 Å². The number of carbonyl (C=O) groups excluding carboxylic acids is 1. The number of rotatable bonds is 3. The number of nitrogens with two attached hydrogens (primary N) is 1. The zero-order valence-corrected chi connectivity index (χ0v) is 16.3. The molecular weight excluding hydrogens is 361 g/mol. The fourth-order valence-electron chi connectivity index (χ4n) is 3.20. The van der Waals surface area contributed by atoms with Crippen molar-refractivity contribution in [2.45, 2.75) is 26.7 Å². The van der Waals surface area contributed by atoms with Crippen molar-refractivity contribution >= 4 is 47.8 Å². The lowest BCUT2D eigenvalue weighted by Crippen LogP contribution is -2.37. The first-order valence-electron chi connectivity index (χ1n) is 7.89. The van der Waals surface area contributed by atoms with Crippen molar-refractivity contribution < 1.29 is 4.79 Å². The largest absolute Gasteiger partial charge is 0.398 e. The van der Waals surface area contributed by atoms with Crippen LogP contribution < -0.4 is 16.0 Å². The molecule has 8 heteroatoms. The van der Waals surface area contributed by atoms with Crippen molar-refractivity contribution in [3.63, 3.8) is 0 Å². The van der Waals surface area contributed by atoms with Crippen LogP contribution in [0.25, 0.3) is 0 Å². The van der Waals surface area contributed by atoms with Crippen molar-refractivity contribution in [2.75, 3.05) is 29.0 Å². The highest BCUT2D eigenvalue weighted by Gasteiger charge is 2.21. The number of aryl methyl sites for hydroxylation is 2. The number of nitrogen functional groups attached to an aromatic ring is 1. The summed E-state index contributed by atoms with van der Waals surface area (Å²) < 4.78 is 1.78. The lowest BCUT2D eigenvalue weighted by atomic mass is 10.00. The molecule has 138 valence electrons. The average molecular weight is 386 g/mol. The van der Waals surface area contributed by atoms with Gasteiger partial charge in [0, 0.05) is 25.0 Å². The molecule has 0 aliphatic carbocycles. The van der Waals surface area contributed by atoms with Gasteiger partial charge in [-0.25, -0.2) is 0 Å². The van der Waals surface area contributed by atoms with E-state index in [1.165, 1.54) is 0 Å². The Labute approximate surface area is 160 Å². The molecule has 0 bridgehead atoms. The van der Waals surface area contributed by atoms with Gasteiger partial charge in [0.1, 0.15) is 0 Å². The van der Waals surface area contributed by atoms with Crippen LogP contribution in [0.2, 0.25) is 0 Å². The molecule has 3 rings (SSSR count). The summed E-state index contributed by atoms with van der Waals surface area (Å²) in [5, 5.41) is 7.33. The third-order valence-corrected chi connectivity index (χ3v) is 4.49. The van der Waals surface area contributed by atoms with E-state index in [0.717, 1.165) is 53.4 Å². The van der Waals surface area contributed by atoms with Crippen LogP contribution in [-0.4, -0.2) is 28.8 Å². The van der Waals surface area contributed by atoms with Gasteiger partial charge >= 0.3 is 0 Å². The van der Waals surface area contributed by atoms with Gasteiger partial charge in [0.2, 0.25) is 5.91 Å². The Bertz CT molecular complexity index is 760. The lowest BCUT2D eigenvalue weighted by molar-refractivity contribution is -0.115. The number of carbonyl (C=O) groups is 1. The summed E-state index contributed by atoms with van der Waals surface area (Å²) in [6.45, 7) is 5.05. The zero-order chi connectivity index (χ0) is 16.6. The fourth-order valence-corrected chi connectivity index (χ4v) is 3.20. The number of hydrogen-bond donors (Lipinski definition) is 2. The van der Waals surface area contributed by atoms with E-state index in [1.54, 1.807) is 4.68 Å². The minimum atomic E-state index is -0.0283. The summed E-state index contributed by atoms with van der Waals surface area (Å²) in [7, 11) is 1.88. The van der Waals surface area contributed by atoms with E-state index in [0.29, 0.717) is 6.54 Å². The second-order valence-electron chi connectivity index (χ2n) is 6.09. The first kappa shape index (κ1) is 21.1. The topological polar surface area (TPSA) is 76.2 Å². The maximum atomic E-state index is 12.5. The molecule has 0 spiro atoms. The smallest absolute Gasteiger partial charge is 0.243 e. The van der Waals surface area contributed by atoms with Crippen LogP contribution >= 0.6 is 24.8 Å². The van der Waals surface area contributed by atoms with Gasteiger partial charge in [0.25, 0.3) is 0 Å². The molecule has 25 heavy (non-hydrogen) atoms. The molecule has 6 nitrogen and oxygen atoms in total. The summed E-state index contributed by atoms with van der Waals surface area (Å²) >= 11 is 0. The third-order valence-electron chi connectivity index (χ3n) is 4.49. The molecule has 1 aliphatic rings. The number of anilines is 3. The summed E-state index contributed by atoms with van der Waals surface area (Å²) in [6.07, 6.45) is 1.99. The minimum absolute atomic E-state index is 0. The predicted octanol–water partition coefficient (Wildman–Crippen LogP) is 2.85. The van der Waals surface area contributed by atoms with E-state index in [-0.39, 0.29) is 30.7 Å². The number of hydrogen-bond acceptors (Lipinski definition) is 4. The first-order chi connectivity index (χ1) is 11.0. The quantitative estimate of drug-likeness (QED) is 0.796. The molecule has 1 aliphatic heterocycles. The highest BCUT2D eigenvalue weighted by atomic mass is 35.5. The Morgan fingerprint density at radius 2 is 2.04 bits per heavy atom. The molecule has 0 unspecified atom stereocenters. The Morgan fingerprint density at radius 1 is 1.32 bits per heavy atom. The third kappa shape index (κ3) is 4.19. The van der Waals surface area contributed by atoms with Gasteiger partial charge in [0.05, 0.1) is 23.6 Å². The fraction of sp³-hybridized carbons (Fsp3) is 0.412. The zero-order valence-electron chi connectivity index (χ0n) is 14.7. The van der Waals surface area contributed by atoms with Gasteiger partial charge in [-0.05, 0) is 44.4 Å². The number of fused-ring (bicyclic) bond motifs is 1. The van der Waals surface area contributed by atoms with Gasteiger partial charge in [0.15, 0.2) is 0 Å². The van der Waals surface area contributed by atoms with Crippen LogP contribution in [0.4, 0.5) is 17.1 Å². The Hall–Kier alpha value is -1.92. The van der Waals surface area contributed by atoms with E-state index in [1.807, 2.05) is 39.1 Å². The Kier molecular flexibility index (Phi) is 7.14. The van der Waals surface area contributed by atoms with E-state index in [2.05, 4.69) is 15.3 Å². The van der Waals surface area contributed by atoms with Gasteiger partial charge in [-0.1, -0.05) is 6.07 Å². The molecular formula is C17H25Cl2N5O. The molecule has 0 radical (unpaired) electrons. The Morgan fingerprint density at radius 3 is 2.68 bits per heavy atom. The molecule has 1 aromatic heterocycles. The maximum Gasteiger partial charge on any atom is 0.243 e. The Balaban J connectivity index is 0.00000156. The molecule has 1 amide bonds. The number of aromatic nitrogens is 2. The summed E-state index contributed by atoms with van der Waals surface area (Å²) in [4.78, 5) is 14.6. The van der Waals surface area contributed by atoms with Crippen molar-refractivity contribution in [3.8, 4) is 0 Å². The molecule has 3 N–H and O–H groups in total. The van der Waals surface area contributed by atoms with Crippen LogP contribution in [0.3, 0.4) is 0 Å². The molecule has 0 saturated heterocycles. The highest BCUT2D eigenvalue weighted by molar-refractivity contribution is 5.95. The van der Waals surface area contributed by atoms with Crippen LogP contribution in [0, 0.1) is 13.8 Å². The SMILES string of the molecule is Cc1nn(C)c(C)c1NC(=O)CN1CCCc2c(N)cccc21.Cl.Cl. The van der Waals surface area contributed by atoms with Gasteiger partial charge in [-0.15, -0.1) is 24.8 Å². The summed E-state index contributed by atoms with van der Waals surface area (Å²) in [5.41, 5.74) is 11.7. The van der Waals surface area contributed by atoms with Gasteiger partial charge in [-0.2, -0.15) is 5.10 Å². The number of nitrogens with zero attached hydrogens (tertiary/aromatic N) is 3. The van der Waals surface area contributed by atoms with Crippen LogP contribution in [0.1, 0.15) is 23.4 Å². The van der Waals surface area contributed by atoms with E-state index in [9.17, 15) is 4.79 Å². The summed E-state index contributed by atoms with van der Waals surface area (Å²) in [6, 6.07) is 5.91.